The van der Waals surface area contributed by atoms with E-state index in [1.54, 1.807) is 6.07 Å². The van der Waals surface area contributed by atoms with Crippen molar-refractivity contribution >= 4 is 11.9 Å². The summed E-state index contributed by atoms with van der Waals surface area (Å²) < 4.78 is 11.1. The molecule has 1 aromatic rings. The van der Waals surface area contributed by atoms with Crippen molar-refractivity contribution in [1.29, 1.82) is 0 Å². The predicted molar refractivity (Wildman–Crippen MR) is 123 cm³/mol. The lowest BCUT2D eigenvalue weighted by atomic mass is 9.72. The molecule has 30 heavy (non-hydrogen) atoms. The molecule has 1 rings (SSSR count). The first kappa shape index (κ1) is 26.2. The van der Waals surface area contributed by atoms with Gasteiger partial charge in [-0.15, -0.1) is 0 Å². The topological polar surface area (TPSA) is 52.6 Å². The van der Waals surface area contributed by atoms with E-state index in [4.69, 9.17) is 9.47 Å². The van der Waals surface area contributed by atoms with Gasteiger partial charge in [0.15, 0.2) is 0 Å². The Morgan fingerprint density at radius 2 is 1.23 bits per heavy atom. The molecule has 0 bridgehead atoms. The lowest BCUT2D eigenvalue weighted by molar-refractivity contribution is 0.0448. The van der Waals surface area contributed by atoms with Crippen LogP contribution in [0.2, 0.25) is 0 Å². The van der Waals surface area contributed by atoms with Crippen LogP contribution in [0.25, 0.3) is 0 Å². The third-order valence-corrected chi connectivity index (χ3v) is 5.15. The average Bonchev–Trinajstić information content (AvgIpc) is 2.65. The molecule has 0 saturated heterocycles. The summed E-state index contributed by atoms with van der Waals surface area (Å²) in [4.78, 5) is 26.1. The van der Waals surface area contributed by atoms with Crippen molar-refractivity contribution in [2.75, 3.05) is 13.2 Å². The van der Waals surface area contributed by atoms with Crippen LogP contribution in [0.3, 0.4) is 0 Å². The second-order valence-electron chi connectivity index (χ2n) is 10.1. The Kier molecular flexibility index (Phi) is 10.1. The monoisotopic (exact) mass is 418 g/mol. The Hall–Kier alpha value is -1.84. The maximum absolute atomic E-state index is 13.2. The number of rotatable bonds is 10. The van der Waals surface area contributed by atoms with E-state index < -0.39 is 11.9 Å². The second-order valence-corrected chi connectivity index (χ2v) is 10.1. The van der Waals surface area contributed by atoms with Crippen LogP contribution in [0.1, 0.15) is 126 Å². The Labute approximate surface area is 183 Å². The largest absolute Gasteiger partial charge is 0.462 e. The van der Waals surface area contributed by atoms with Crippen molar-refractivity contribution in [3.05, 3.63) is 34.4 Å². The minimum absolute atomic E-state index is 0.177. The van der Waals surface area contributed by atoms with E-state index >= 15 is 0 Å². The number of carbonyl (C=O) groups is 2. The smallest absolute Gasteiger partial charge is 0.339 e. The van der Waals surface area contributed by atoms with Crippen LogP contribution in [0, 0.1) is 0 Å². The first-order valence-electron chi connectivity index (χ1n) is 11.5. The van der Waals surface area contributed by atoms with E-state index in [-0.39, 0.29) is 10.8 Å². The summed E-state index contributed by atoms with van der Waals surface area (Å²) in [6.45, 7) is 17.5. The van der Waals surface area contributed by atoms with E-state index in [9.17, 15) is 9.59 Å². The van der Waals surface area contributed by atoms with Gasteiger partial charge in [-0.25, -0.2) is 9.59 Å². The van der Waals surface area contributed by atoms with Crippen LogP contribution in [-0.4, -0.2) is 25.2 Å². The van der Waals surface area contributed by atoms with Gasteiger partial charge in [0.1, 0.15) is 0 Å². The molecule has 0 aliphatic carbocycles. The van der Waals surface area contributed by atoms with Crippen molar-refractivity contribution in [3.8, 4) is 0 Å². The average molecular weight is 419 g/mol. The molecule has 0 amide bonds. The van der Waals surface area contributed by atoms with Gasteiger partial charge in [0.25, 0.3) is 0 Å². The molecule has 0 aliphatic rings. The van der Waals surface area contributed by atoms with Crippen LogP contribution < -0.4 is 0 Å². The van der Waals surface area contributed by atoms with Gasteiger partial charge >= 0.3 is 11.9 Å². The fourth-order valence-electron chi connectivity index (χ4n) is 3.57. The van der Waals surface area contributed by atoms with E-state index in [1.165, 1.54) is 0 Å². The third-order valence-electron chi connectivity index (χ3n) is 5.15. The standard InChI is InChI=1S/C26H42O4/c1-9-11-13-17-29-23(27)19-15-16-20(25(3,4)5)22(26(6,7)8)21(19)24(28)30-18-14-12-10-2/h15-16H,9-14,17-18H2,1-8H3. The van der Waals surface area contributed by atoms with Crippen molar-refractivity contribution in [1.82, 2.24) is 0 Å². The molecule has 0 atom stereocenters. The van der Waals surface area contributed by atoms with Gasteiger partial charge in [-0.1, -0.05) is 87.1 Å². The number of benzene rings is 1. The van der Waals surface area contributed by atoms with E-state index in [2.05, 4.69) is 55.4 Å². The van der Waals surface area contributed by atoms with Crippen molar-refractivity contribution in [2.45, 2.75) is 105 Å². The van der Waals surface area contributed by atoms with E-state index in [1.807, 2.05) is 6.07 Å². The molecule has 0 unspecified atom stereocenters. The van der Waals surface area contributed by atoms with Crippen molar-refractivity contribution < 1.29 is 19.1 Å². The van der Waals surface area contributed by atoms with Crippen molar-refractivity contribution in [2.24, 2.45) is 0 Å². The minimum Gasteiger partial charge on any atom is -0.462 e. The molecule has 4 heteroatoms. The number of unbranched alkanes of at least 4 members (excludes halogenated alkanes) is 4. The van der Waals surface area contributed by atoms with E-state index in [0.717, 1.165) is 49.7 Å². The Morgan fingerprint density at radius 1 is 0.733 bits per heavy atom. The fraction of sp³-hybridized carbons (Fsp3) is 0.692. The second kappa shape index (κ2) is 11.5. The number of ether oxygens (including phenoxy) is 2. The normalized spacial score (nSPS) is 12.0. The molecular weight excluding hydrogens is 376 g/mol. The molecule has 0 N–H and O–H groups in total. The maximum atomic E-state index is 13.2. The molecular formula is C26H42O4. The van der Waals surface area contributed by atoms with Crippen LogP contribution in [0.5, 0.6) is 0 Å². The van der Waals surface area contributed by atoms with Crippen LogP contribution in [0.15, 0.2) is 12.1 Å². The van der Waals surface area contributed by atoms with Crippen LogP contribution >= 0.6 is 0 Å². The lowest BCUT2D eigenvalue weighted by Crippen LogP contribution is -2.28. The minimum atomic E-state index is -0.447. The molecule has 4 nitrogen and oxygen atoms in total. The molecule has 0 fully saturated rings. The SMILES string of the molecule is CCCCCOC(=O)c1ccc(C(C)(C)C)c(C(C)(C)C)c1C(=O)OCCCCC. The summed E-state index contributed by atoms with van der Waals surface area (Å²) in [5.41, 5.74) is 2.09. The molecule has 170 valence electrons. The predicted octanol–water partition coefficient (Wildman–Crippen LogP) is 6.98. The Balaban J connectivity index is 3.46. The van der Waals surface area contributed by atoms with Crippen LogP contribution in [-0.2, 0) is 20.3 Å². The third kappa shape index (κ3) is 7.45. The number of esters is 2. The van der Waals surface area contributed by atoms with Crippen molar-refractivity contribution in [3.63, 3.8) is 0 Å². The highest BCUT2D eigenvalue weighted by Gasteiger charge is 2.34. The zero-order chi connectivity index (χ0) is 22.9. The van der Waals surface area contributed by atoms with Gasteiger partial charge in [0.05, 0.1) is 24.3 Å². The van der Waals surface area contributed by atoms with Gasteiger partial charge in [-0.3, -0.25) is 0 Å². The van der Waals surface area contributed by atoms with E-state index in [0.29, 0.717) is 24.3 Å². The maximum Gasteiger partial charge on any atom is 0.339 e. The molecule has 0 aliphatic heterocycles. The summed E-state index contributed by atoms with van der Waals surface area (Å²) in [6.07, 6.45) is 5.78. The highest BCUT2D eigenvalue weighted by Crippen LogP contribution is 2.38. The zero-order valence-electron chi connectivity index (χ0n) is 20.4. The fourth-order valence-corrected chi connectivity index (χ4v) is 3.57. The molecule has 1 aromatic carbocycles. The Morgan fingerprint density at radius 3 is 1.67 bits per heavy atom. The molecule has 0 heterocycles. The molecule has 0 spiro atoms. The number of hydrogen-bond acceptors (Lipinski definition) is 4. The van der Waals surface area contributed by atoms with Crippen LogP contribution in [0.4, 0.5) is 0 Å². The summed E-state index contributed by atoms with van der Waals surface area (Å²) in [6, 6.07) is 3.71. The number of hydrogen-bond donors (Lipinski definition) is 0. The molecule has 0 saturated carbocycles. The lowest BCUT2D eigenvalue weighted by Gasteiger charge is -2.32. The Bertz CT molecular complexity index is 705. The van der Waals surface area contributed by atoms with Gasteiger partial charge in [0.2, 0.25) is 0 Å². The van der Waals surface area contributed by atoms with Gasteiger partial charge in [-0.05, 0) is 40.9 Å². The highest BCUT2D eigenvalue weighted by molar-refractivity contribution is 6.05. The summed E-state index contributed by atoms with van der Waals surface area (Å²) in [5.74, 6) is -0.875. The van der Waals surface area contributed by atoms with Gasteiger partial charge < -0.3 is 9.47 Å². The summed E-state index contributed by atoms with van der Waals surface area (Å²) >= 11 is 0. The molecule has 0 aromatic heterocycles. The summed E-state index contributed by atoms with van der Waals surface area (Å²) in [7, 11) is 0. The molecule has 0 radical (unpaired) electrons. The summed E-state index contributed by atoms with van der Waals surface area (Å²) in [5, 5.41) is 0. The first-order chi connectivity index (χ1) is 13.9. The van der Waals surface area contributed by atoms with Gasteiger partial charge in [-0.2, -0.15) is 0 Å². The quantitative estimate of drug-likeness (QED) is 0.304. The first-order valence-corrected chi connectivity index (χ1v) is 11.5. The van der Waals surface area contributed by atoms with Gasteiger partial charge in [0, 0.05) is 0 Å². The number of carbonyl (C=O) groups excluding carboxylic acids is 2. The zero-order valence-corrected chi connectivity index (χ0v) is 20.4. The highest BCUT2D eigenvalue weighted by atomic mass is 16.5.